The molecule has 6 nitrogen and oxygen atoms in total. The van der Waals surface area contributed by atoms with Crippen molar-refractivity contribution in [1.29, 1.82) is 0 Å². The molecule has 34 heavy (non-hydrogen) atoms. The quantitative estimate of drug-likeness (QED) is 0.629. The van der Waals surface area contributed by atoms with Gasteiger partial charge in [-0.05, 0) is 81.0 Å². The van der Waals surface area contributed by atoms with Gasteiger partial charge in [0.1, 0.15) is 6.10 Å². The van der Waals surface area contributed by atoms with Crippen molar-refractivity contribution in [1.82, 2.24) is 9.80 Å². The molecule has 5 atom stereocenters. The highest BCUT2D eigenvalue weighted by Crippen LogP contribution is 2.66. The number of aromatic hydroxyl groups is 1. The van der Waals surface area contributed by atoms with Crippen molar-refractivity contribution in [2.24, 2.45) is 11.8 Å². The molecule has 1 aromatic carbocycles. The van der Waals surface area contributed by atoms with Crippen molar-refractivity contribution in [3.63, 3.8) is 0 Å². The highest BCUT2D eigenvalue weighted by atomic mass is 16.5. The number of likely N-dealkylation sites (tertiary alicyclic amines) is 1. The number of likely N-dealkylation sites (N-methyl/N-ethyl adjacent to an activating group) is 1. The summed E-state index contributed by atoms with van der Waals surface area (Å²) in [6, 6.07) is 3.68. The van der Waals surface area contributed by atoms with Gasteiger partial charge in [0.05, 0.1) is 17.1 Å². The first-order valence-corrected chi connectivity index (χ1v) is 13.2. The molecule has 6 heteroatoms. The van der Waals surface area contributed by atoms with Gasteiger partial charge in [0.2, 0.25) is 5.91 Å². The van der Waals surface area contributed by atoms with Crippen LogP contribution in [0.4, 0.5) is 0 Å². The summed E-state index contributed by atoms with van der Waals surface area (Å²) in [7, 11) is 1.86. The molecule has 0 unspecified atom stereocenters. The minimum atomic E-state index is -0.912. The van der Waals surface area contributed by atoms with Gasteiger partial charge >= 0.3 is 0 Å². The van der Waals surface area contributed by atoms with E-state index in [-0.39, 0.29) is 29.8 Å². The number of hydrogen-bond acceptors (Lipinski definition) is 5. The van der Waals surface area contributed by atoms with Crippen LogP contribution < -0.4 is 4.74 Å². The van der Waals surface area contributed by atoms with Crippen LogP contribution in [0.2, 0.25) is 0 Å². The summed E-state index contributed by atoms with van der Waals surface area (Å²) in [6.07, 6.45) is 9.68. The van der Waals surface area contributed by atoms with Crippen molar-refractivity contribution in [2.75, 3.05) is 20.1 Å². The number of benzene rings is 1. The second kappa shape index (κ2) is 7.72. The minimum absolute atomic E-state index is 0.0185. The molecule has 184 valence electrons. The lowest BCUT2D eigenvalue weighted by Gasteiger charge is -2.64. The van der Waals surface area contributed by atoms with Crippen LogP contribution in [0, 0.1) is 11.8 Å². The van der Waals surface area contributed by atoms with E-state index in [9.17, 15) is 15.0 Å². The van der Waals surface area contributed by atoms with Crippen LogP contribution in [-0.2, 0) is 16.6 Å². The summed E-state index contributed by atoms with van der Waals surface area (Å²) in [6.45, 7) is 6.28. The Balaban J connectivity index is 1.39. The third-order valence-corrected chi connectivity index (χ3v) is 9.44. The molecule has 1 aromatic rings. The van der Waals surface area contributed by atoms with E-state index in [1.807, 2.05) is 24.1 Å². The van der Waals surface area contributed by atoms with Crippen molar-refractivity contribution < 1.29 is 19.7 Å². The number of amides is 1. The molecule has 3 fully saturated rings. The number of carbonyl (C=O) groups is 1. The number of hydrogen-bond donors (Lipinski definition) is 2. The fourth-order valence-corrected chi connectivity index (χ4v) is 7.57. The minimum Gasteiger partial charge on any atom is -0.504 e. The largest absolute Gasteiger partial charge is 0.504 e. The molecule has 2 heterocycles. The Hall–Kier alpha value is -2.05. The third kappa shape index (κ3) is 3.03. The topological polar surface area (TPSA) is 73.2 Å². The van der Waals surface area contributed by atoms with Gasteiger partial charge in [-0.2, -0.15) is 0 Å². The number of phenolic OH excluding ortho intramolecular Hbond substituents is 1. The molecule has 2 aliphatic heterocycles. The Bertz CT molecular complexity index is 1030. The van der Waals surface area contributed by atoms with Crippen molar-refractivity contribution >= 4 is 5.91 Å². The predicted molar refractivity (Wildman–Crippen MR) is 130 cm³/mol. The van der Waals surface area contributed by atoms with Crippen LogP contribution in [0.25, 0.3) is 0 Å². The Morgan fingerprint density at radius 3 is 2.82 bits per heavy atom. The molecule has 6 rings (SSSR count). The summed E-state index contributed by atoms with van der Waals surface area (Å²) in [5.74, 6) is 1.94. The fraction of sp³-hybridized carbons (Fsp3) is 0.679. The number of nitrogens with zero attached hydrogens (tertiary/aromatic N) is 2. The molecule has 0 aromatic heterocycles. The normalized spacial score (nSPS) is 36.0. The number of carbonyl (C=O) groups excluding carboxylic acids is 1. The first-order valence-electron chi connectivity index (χ1n) is 13.2. The van der Waals surface area contributed by atoms with Gasteiger partial charge in [0.25, 0.3) is 0 Å². The molecule has 1 amide bonds. The van der Waals surface area contributed by atoms with Crippen LogP contribution in [-0.4, -0.2) is 69.8 Å². The second-order valence-corrected chi connectivity index (χ2v) is 11.9. The summed E-state index contributed by atoms with van der Waals surface area (Å²) in [5.41, 5.74) is 0.712. The zero-order chi connectivity index (χ0) is 23.8. The van der Waals surface area contributed by atoms with Gasteiger partial charge in [0.15, 0.2) is 11.5 Å². The Morgan fingerprint density at radius 1 is 1.29 bits per heavy atom. The molecule has 1 spiro atoms. The maximum Gasteiger partial charge on any atom is 0.246 e. The molecular weight excluding hydrogens is 428 g/mol. The summed E-state index contributed by atoms with van der Waals surface area (Å²) >= 11 is 0. The number of rotatable bonds is 6. The van der Waals surface area contributed by atoms with Gasteiger partial charge in [-0.1, -0.05) is 26.0 Å². The van der Waals surface area contributed by atoms with Gasteiger partial charge in [-0.15, -0.1) is 0 Å². The van der Waals surface area contributed by atoms with Crippen LogP contribution in [0.3, 0.4) is 0 Å². The van der Waals surface area contributed by atoms with Gasteiger partial charge in [0, 0.05) is 25.2 Å². The number of phenols is 1. The average molecular weight is 467 g/mol. The lowest BCUT2D eigenvalue weighted by Crippen LogP contribution is -2.78. The highest BCUT2D eigenvalue weighted by molar-refractivity contribution is 5.87. The Kier molecular flexibility index (Phi) is 5.09. The second-order valence-electron chi connectivity index (χ2n) is 11.9. The van der Waals surface area contributed by atoms with E-state index in [4.69, 9.17) is 4.74 Å². The zero-order valence-corrected chi connectivity index (χ0v) is 20.7. The van der Waals surface area contributed by atoms with E-state index in [0.29, 0.717) is 24.5 Å². The third-order valence-electron chi connectivity index (χ3n) is 9.44. The lowest BCUT2D eigenvalue weighted by molar-refractivity contribution is -0.200. The Morgan fingerprint density at radius 2 is 2.09 bits per heavy atom. The summed E-state index contributed by atoms with van der Waals surface area (Å²) in [5, 5.41) is 23.3. The van der Waals surface area contributed by atoms with Gasteiger partial charge in [-0.25, -0.2) is 0 Å². The van der Waals surface area contributed by atoms with E-state index >= 15 is 0 Å². The standard InChI is InChI=1S/C28H38N2O4/c1-17(2)5-4-6-23(32)29(3)20-11-12-28(33)22-15-19-9-10-21(31)25-24(19)27(28,26(20)34-25)13-14-30(22)16-18-7-8-18/h4,6,9-10,17-18,20,22,26,31,33H,5,7-8,11-16H2,1-3H3/t20-,22+,26-,27-,28+/m0/s1. The number of piperidine rings is 1. The molecule has 2 saturated carbocycles. The number of allylic oxidation sites excluding steroid dienone is 1. The lowest BCUT2D eigenvalue weighted by atomic mass is 9.48. The molecule has 1 saturated heterocycles. The molecular formula is C28H38N2O4. The van der Waals surface area contributed by atoms with Crippen molar-refractivity contribution in [2.45, 2.75) is 88.0 Å². The van der Waals surface area contributed by atoms with Gasteiger partial charge < -0.3 is 19.8 Å². The smallest absolute Gasteiger partial charge is 0.246 e. The van der Waals surface area contributed by atoms with Crippen LogP contribution >= 0.6 is 0 Å². The monoisotopic (exact) mass is 466 g/mol. The fourth-order valence-electron chi connectivity index (χ4n) is 7.57. The van der Waals surface area contributed by atoms with Gasteiger partial charge in [-0.3, -0.25) is 9.69 Å². The molecule has 5 aliphatic rings. The number of aliphatic hydroxyl groups is 1. The first kappa shape index (κ1) is 22.4. The molecule has 3 aliphatic carbocycles. The first-order chi connectivity index (χ1) is 16.3. The van der Waals surface area contributed by atoms with Crippen molar-refractivity contribution in [3.05, 3.63) is 35.4 Å². The van der Waals surface area contributed by atoms with E-state index in [1.165, 1.54) is 18.4 Å². The number of ether oxygens (including phenoxy) is 1. The van der Waals surface area contributed by atoms with Crippen LogP contribution in [0.5, 0.6) is 11.5 Å². The van der Waals surface area contributed by atoms with E-state index in [0.717, 1.165) is 43.8 Å². The zero-order valence-electron chi connectivity index (χ0n) is 20.7. The molecule has 2 bridgehead atoms. The van der Waals surface area contributed by atoms with E-state index < -0.39 is 11.0 Å². The average Bonchev–Trinajstić information content (AvgIpc) is 3.54. The Labute approximate surface area is 202 Å². The maximum absolute atomic E-state index is 13.1. The predicted octanol–water partition coefficient (Wildman–Crippen LogP) is 3.39. The molecule has 2 N–H and O–H groups in total. The maximum atomic E-state index is 13.1. The highest BCUT2D eigenvalue weighted by Gasteiger charge is 2.73. The van der Waals surface area contributed by atoms with E-state index in [1.54, 1.807) is 12.1 Å². The SMILES string of the molecule is CC(C)CC=CC(=O)N(C)[C@H]1CC[C@@]2(O)[C@H]3Cc4ccc(O)c5c4[C@@]2(CCN3CC2CC2)[C@H]1O5. The van der Waals surface area contributed by atoms with Crippen LogP contribution in [0.15, 0.2) is 24.3 Å². The summed E-state index contributed by atoms with van der Waals surface area (Å²) < 4.78 is 6.58. The molecule has 0 radical (unpaired) electrons. The van der Waals surface area contributed by atoms with E-state index in [2.05, 4.69) is 18.7 Å². The van der Waals surface area contributed by atoms with Crippen molar-refractivity contribution in [3.8, 4) is 11.5 Å². The summed E-state index contributed by atoms with van der Waals surface area (Å²) in [4.78, 5) is 17.5. The van der Waals surface area contributed by atoms with Crippen LogP contribution in [0.1, 0.15) is 63.5 Å².